The summed E-state index contributed by atoms with van der Waals surface area (Å²) < 4.78 is 0. The Morgan fingerprint density at radius 1 is 1.15 bits per heavy atom. The second-order valence-electron chi connectivity index (χ2n) is 4.75. The number of hydrogen-bond donors (Lipinski definition) is 1. The molecule has 3 rings (SSSR count). The predicted molar refractivity (Wildman–Crippen MR) is 72.8 cm³/mol. The van der Waals surface area contributed by atoms with Gasteiger partial charge in [0.25, 0.3) is 0 Å². The molecule has 2 heterocycles. The molecule has 0 aliphatic carbocycles. The standard InChI is InChI=1S/C12H14N6O2/c19-14-12(15-20)8-4-5-9-17-16-13-11(18(12)17)10-6-2-1-3-7-10/h1-3,6-7,16H,4-5,8-9H2. The van der Waals surface area contributed by atoms with Gasteiger partial charge < -0.3 is 0 Å². The molecule has 0 aromatic heterocycles. The normalized spacial score (nSPS) is 21.4. The average molecular weight is 274 g/mol. The Morgan fingerprint density at radius 2 is 1.90 bits per heavy atom. The van der Waals surface area contributed by atoms with Crippen molar-refractivity contribution < 1.29 is 0 Å². The van der Waals surface area contributed by atoms with E-state index in [2.05, 4.69) is 21.0 Å². The number of rotatable bonds is 3. The number of nitrogens with zero attached hydrogens (tertiary/aromatic N) is 5. The van der Waals surface area contributed by atoms with E-state index < -0.39 is 5.79 Å². The Kier molecular flexibility index (Phi) is 3.15. The lowest BCUT2D eigenvalue weighted by molar-refractivity contribution is -0.0501. The molecule has 1 saturated heterocycles. The topological polar surface area (TPSA) is 89.7 Å². The first kappa shape index (κ1) is 12.7. The fourth-order valence-corrected chi connectivity index (χ4v) is 2.51. The Bertz CT molecular complexity index is 538. The van der Waals surface area contributed by atoms with Crippen LogP contribution in [0.3, 0.4) is 0 Å². The van der Waals surface area contributed by atoms with Crippen LogP contribution < -0.4 is 5.53 Å². The van der Waals surface area contributed by atoms with E-state index in [1.165, 1.54) is 5.01 Å². The monoisotopic (exact) mass is 274 g/mol. The Morgan fingerprint density at radius 3 is 2.60 bits per heavy atom. The van der Waals surface area contributed by atoms with Gasteiger partial charge in [-0.15, -0.1) is 20.0 Å². The zero-order valence-electron chi connectivity index (χ0n) is 10.8. The zero-order valence-corrected chi connectivity index (χ0v) is 10.8. The van der Waals surface area contributed by atoms with Crippen LogP contribution in [0.2, 0.25) is 0 Å². The van der Waals surface area contributed by atoms with Crippen molar-refractivity contribution in [2.24, 2.45) is 15.5 Å². The highest BCUT2D eigenvalue weighted by atomic mass is 16.3. The summed E-state index contributed by atoms with van der Waals surface area (Å²) in [6, 6.07) is 9.33. The number of hydrogen-bond acceptors (Lipinski definition) is 8. The summed E-state index contributed by atoms with van der Waals surface area (Å²) in [7, 11) is 0. The lowest BCUT2D eigenvalue weighted by atomic mass is 10.1. The summed E-state index contributed by atoms with van der Waals surface area (Å²) >= 11 is 0. The lowest BCUT2D eigenvalue weighted by Gasteiger charge is -2.34. The summed E-state index contributed by atoms with van der Waals surface area (Å²) in [5, 5.41) is 13.3. The van der Waals surface area contributed by atoms with Gasteiger partial charge in [-0.25, -0.2) is 10.5 Å². The quantitative estimate of drug-likeness (QED) is 0.848. The molecule has 0 unspecified atom stereocenters. The molecular formula is C12H14N6O2. The van der Waals surface area contributed by atoms with Gasteiger partial charge >= 0.3 is 5.79 Å². The molecule has 1 aromatic rings. The van der Waals surface area contributed by atoms with Crippen molar-refractivity contribution >= 4 is 5.84 Å². The molecule has 0 atom stereocenters. The van der Waals surface area contributed by atoms with Gasteiger partial charge in [0.2, 0.25) is 0 Å². The van der Waals surface area contributed by atoms with Gasteiger partial charge in [-0.1, -0.05) is 30.3 Å². The highest BCUT2D eigenvalue weighted by Gasteiger charge is 2.49. The van der Waals surface area contributed by atoms with Crippen molar-refractivity contribution in [2.75, 3.05) is 6.54 Å². The van der Waals surface area contributed by atoms with Crippen LogP contribution in [-0.2, 0) is 0 Å². The van der Waals surface area contributed by atoms with Crippen molar-refractivity contribution in [3.63, 3.8) is 0 Å². The third kappa shape index (κ3) is 1.85. The minimum absolute atomic E-state index is 0.282. The molecule has 8 nitrogen and oxygen atoms in total. The fourth-order valence-electron chi connectivity index (χ4n) is 2.51. The maximum atomic E-state index is 11.3. The van der Waals surface area contributed by atoms with Gasteiger partial charge in [-0.2, -0.15) is 0 Å². The number of hydrazine groups is 2. The lowest BCUT2D eigenvalue weighted by Crippen LogP contribution is -2.56. The van der Waals surface area contributed by atoms with E-state index in [0.29, 0.717) is 18.8 Å². The maximum absolute atomic E-state index is 11.3. The van der Waals surface area contributed by atoms with Crippen LogP contribution in [0.5, 0.6) is 0 Å². The molecule has 0 amide bonds. The SMILES string of the molecule is O=NC1(N=O)CCCCN2NN=C(c3ccccc3)N21. The van der Waals surface area contributed by atoms with Gasteiger partial charge in [-0.3, -0.25) is 0 Å². The molecule has 0 saturated carbocycles. The first-order valence-corrected chi connectivity index (χ1v) is 6.46. The summed E-state index contributed by atoms with van der Waals surface area (Å²) in [6.07, 6.45) is 1.81. The number of hydrazone groups is 1. The summed E-state index contributed by atoms with van der Waals surface area (Å²) in [5.74, 6) is -1.19. The van der Waals surface area contributed by atoms with E-state index in [0.717, 1.165) is 12.0 Å². The van der Waals surface area contributed by atoms with E-state index >= 15 is 0 Å². The second-order valence-corrected chi connectivity index (χ2v) is 4.75. The van der Waals surface area contributed by atoms with E-state index in [1.807, 2.05) is 30.3 Å². The first-order chi connectivity index (χ1) is 9.80. The highest BCUT2D eigenvalue weighted by molar-refractivity contribution is 5.99. The predicted octanol–water partition coefficient (Wildman–Crippen LogP) is 1.76. The van der Waals surface area contributed by atoms with E-state index in [1.54, 1.807) is 5.12 Å². The number of nitroso groups, excluding NO2 is 2. The smallest absolute Gasteiger partial charge is 0.220 e. The average Bonchev–Trinajstić information content (AvgIpc) is 2.85. The van der Waals surface area contributed by atoms with Crippen molar-refractivity contribution in [2.45, 2.75) is 25.0 Å². The third-order valence-corrected chi connectivity index (χ3v) is 3.51. The molecule has 8 heteroatoms. The van der Waals surface area contributed by atoms with Crippen LogP contribution in [0.15, 0.2) is 45.8 Å². The summed E-state index contributed by atoms with van der Waals surface area (Å²) in [5.41, 5.74) is 3.61. The fraction of sp³-hybridized carbons (Fsp3) is 0.417. The summed E-state index contributed by atoms with van der Waals surface area (Å²) in [6.45, 7) is 0.632. The Hall–Kier alpha value is -2.35. The largest absolute Gasteiger partial charge is 0.321 e. The van der Waals surface area contributed by atoms with Crippen LogP contribution in [0.4, 0.5) is 0 Å². The Balaban J connectivity index is 2.05. The minimum Gasteiger partial charge on any atom is -0.220 e. The first-order valence-electron chi connectivity index (χ1n) is 6.46. The van der Waals surface area contributed by atoms with Crippen LogP contribution >= 0.6 is 0 Å². The van der Waals surface area contributed by atoms with Gasteiger partial charge in [0.1, 0.15) is 0 Å². The van der Waals surface area contributed by atoms with Crippen LogP contribution in [0, 0.1) is 9.81 Å². The van der Waals surface area contributed by atoms with Crippen molar-refractivity contribution in [1.29, 1.82) is 0 Å². The molecule has 2 aliphatic rings. The maximum Gasteiger partial charge on any atom is 0.321 e. The zero-order chi connectivity index (χ0) is 14.0. The molecule has 104 valence electrons. The molecule has 0 bridgehead atoms. The van der Waals surface area contributed by atoms with Gasteiger partial charge in [0.15, 0.2) is 5.84 Å². The van der Waals surface area contributed by atoms with Crippen LogP contribution in [0.25, 0.3) is 0 Å². The number of nitrogens with one attached hydrogen (secondary N) is 1. The molecular weight excluding hydrogens is 260 g/mol. The third-order valence-electron chi connectivity index (χ3n) is 3.51. The minimum atomic E-state index is -1.67. The number of fused-ring (bicyclic) bond motifs is 1. The van der Waals surface area contributed by atoms with E-state index in [9.17, 15) is 9.81 Å². The number of amidine groups is 1. The van der Waals surface area contributed by atoms with Gasteiger partial charge in [0.05, 0.1) is 0 Å². The molecule has 2 aliphatic heterocycles. The molecule has 0 spiro atoms. The molecule has 20 heavy (non-hydrogen) atoms. The van der Waals surface area contributed by atoms with Crippen molar-refractivity contribution in [3.05, 3.63) is 45.7 Å². The molecule has 0 radical (unpaired) electrons. The van der Waals surface area contributed by atoms with Gasteiger partial charge in [0, 0.05) is 18.5 Å². The van der Waals surface area contributed by atoms with Crippen molar-refractivity contribution in [3.8, 4) is 0 Å². The van der Waals surface area contributed by atoms with E-state index in [4.69, 9.17) is 0 Å². The van der Waals surface area contributed by atoms with Crippen LogP contribution in [0.1, 0.15) is 24.8 Å². The second kappa shape index (κ2) is 4.97. The summed E-state index contributed by atoms with van der Waals surface area (Å²) in [4.78, 5) is 22.6. The van der Waals surface area contributed by atoms with Crippen molar-refractivity contribution in [1.82, 2.24) is 15.7 Å². The van der Waals surface area contributed by atoms with Gasteiger partial charge in [-0.05, 0) is 23.2 Å². The van der Waals surface area contributed by atoms with E-state index in [-0.39, 0.29) is 6.42 Å². The Labute approximate surface area is 115 Å². The molecule has 1 aromatic carbocycles. The van der Waals surface area contributed by atoms with Crippen LogP contribution in [-0.4, -0.2) is 28.3 Å². The molecule has 1 fully saturated rings. The highest BCUT2D eigenvalue weighted by Crippen LogP contribution is 2.33. The molecule has 1 N–H and O–H groups in total. The number of benzene rings is 1.